The van der Waals surface area contributed by atoms with Crippen LogP contribution in [0.2, 0.25) is 27.5 Å². The van der Waals surface area contributed by atoms with E-state index in [1.807, 2.05) is 0 Å². The van der Waals surface area contributed by atoms with Crippen molar-refractivity contribution in [2.75, 3.05) is 39.9 Å². The van der Waals surface area contributed by atoms with Gasteiger partial charge in [0, 0.05) is 0 Å². The fourth-order valence-electron chi connectivity index (χ4n) is 3.15. The molecule has 0 rings (SSSR count). The first-order chi connectivity index (χ1) is 13.8. The van der Waals surface area contributed by atoms with Crippen molar-refractivity contribution in [3.05, 3.63) is 0 Å². The summed E-state index contributed by atoms with van der Waals surface area (Å²) < 4.78 is 25.7. The van der Waals surface area contributed by atoms with Gasteiger partial charge in [-0.05, 0) is 0 Å². The molecule has 0 bridgehead atoms. The first-order valence-electron chi connectivity index (χ1n) is 11.1. The maximum absolute atomic E-state index is 5.68. The van der Waals surface area contributed by atoms with Crippen LogP contribution < -0.4 is 0 Å². The quantitative estimate of drug-likeness (QED) is 0.0865. The van der Waals surface area contributed by atoms with Crippen LogP contribution in [0.1, 0.15) is 52.4 Å². The van der Waals surface area contributed by atoms with Gasteiger partial charge in [-0.25, -0.2) is 0 Å². The number of hydrogen-bond donors (Lipinski definition) is 0. The van der Waals surface area contributed by atoms with Gasteiger partial charge in [0.1, 0.15) is 0 Å². The van der Waals surface area contributed by atoms with Crippen molar-refractivity contribution in [1.82, 2.24) is 0 Å². The zero-order valence-electron chi connectivity index (χ0n) is 20.0. The average Bonchev–Trinajstić information content (AvgIpc) is 2.76. The van der Waals surface area contributed by atoms with Crippen molar-refractivity contribution in [3.63, 3.8) is 0 Å². The van der Waals surface area contributed by atoms with Crippen LogP contribution in [0, 0.1) is 0 Å². The van der Waals surface area contributed by atoms with E-state index in [0.29, 0.717) is 0 Å². The molecule has 0 spiro atoms. The zero-order chi connectivity index (χ0) is 22.2. The van der Waals surface area contributed by atoms with E-state index in [2.05, 4.69) is 47.1 Å². The summed E-state index contributed by atoms with van der Waals surface area (Å²) in [4.78, 5) is 0. The van der Waals surface area contributed by atoms with E-state index in [1.165, 1.54) is 58.9 Å². The summed E-state index contributed by atoms with van der Waals surface area (Å²) in [5, 5.41) is 0. The molecule has 10 heteroatoms. The van der Waals surface area contributed by atoms with Crippen LogP contribution in [0.4, 0.5) is 0 Å². The van der Waals surface area contributed by atoms with Gasteiger partial charge in [0.2, 0.25) is 0 Å². The molecule has 0 aromatic rings. The van der Waals surface area contributed by atoms with E-state index >= 15 is 0 Å². The van der Waals surface area contributed by atoms with E-state index in [-0.39, 0.29) is 0 Å². The summed E-state index contributed by atoms with van der Waals surface area (Å²) in [5.74, 6) is 2.55. The predicted octanol–water partition coefficient (Wildman–Crippen LogP) is 6.75. The Morgan fingerprint density at radius 3 is 1.55 bits per heavy atom. The van der Waals surface area contributed by atoms with Crippen LogP contribution in [0.5, 0.6) is 0 Å². The van der Waals surface area contributed by atoms with Crippen LogP contribution in [-0.2, 0) is 17.7 Å². The minimum atomic E-state index is -2.26. The van der Waals surface area contributed by atoms with Gasteiger partial charge >= 0.3 is 197 Å². The van der Waals surface area contributed by atoms with Crippen molar-refractivity contribution in [3.8, 4) is 0 Å². The molecule has 0 aliphatic rings. The molecule has 0 fully saturated rings. The van der Waals surface area contributed by atoms with Crippen molar-refractivity contribution in [2.24, 2.45) is 0 Å². The van der Waals surface area contributed by atoms with Crippen molar-refractivity contribution >= 4 is 59.1 Å². The summed E-state index contributed by atoms with van der Waals surface area (Å²) in [5.41, 5.74) is 0. The molecule has 176 valence electrons. The Morgan fingerprint density at radius 1 is 0.724 bits per heavy atom. The normalized spacial score (nSPS) is 13.2. The predicted molar refractivity (Wildman–Crippen MR) is 144 cm³/mol. The SMILES string of the molecule is CCC[CH2][Sn]([CH2]CCC)([S]CCC[Si](C)(OC)OC)[S]CCC[Si](P)(OC)OC. The van der Waals surface area contributed by atoms with Gasteiger partial charge in [0.15, 0.2) is 0 Å². The fraction of sp³-hybridized carbons (Fsp3) is 1.00. The maximum atomic E-state index is 5.68. The molecule has 0 aromatic carbocycles. The van der Waals surface area contributed by atoms with Gasteiger partial charge in [-0.2, -0.15) is 0 Å². The molecule has 0 aliphatic carbocycles. The van der Waals surface area contributed by atoms with Gasteiger partial charge in [0.05, 0.1) is 0 Å². The monoisotopic (exact) mass is 610 g/mol. The summed E-state index contributed by atoms with van der Waals surface area (Å²) in [6.07, 6.45) is 7.87. The molecule has 0 N–H and O–H groups in total. The molecule has 0 saturated heterocycles. The molecule has 1 unspecified atom stereocenters. The first-order valence-corrected chi connectivity index (χ1v) is 30.4. The fourth-order valence-corrected chi connectivity index (χ4v) is 38.1. The summed E-state index contributed by atoms with van der Waals surface area (Å²) in [6.45, 7) is 6.86. The molecule has 29 heavy (non-hydrogen) atoms. The summed E-state index contributed by atoms with van der Waals surface area (Å²) >= 11 is -2.26. The van der Waals surface area contributed by atoms with Gasteiger partial charge in [-0.15, -0.1) is 0 Å². The third kappa shape index (κ3) is 13.5. The Morgan fingerprint density at radius 2 is 1.17 bits per heavy atom. The topological polar surface area (TPSA) is 36.9 Å². The van der Waals surface area contributed by atoms with E-state index in [0.717, 1.165) is 12.1 Å². The van der Waals surface area contributed by atoms with Gasteiger partial charge in [-0.3, -0.25) is 0 Å². The number of unbranched alkanes of at least 4 members (excludes halogenated alkanes) is 2. The second-order valence-corrected chi connectivity index (χ2v) is 43.6. The van der Waals surface area contributed by atoms with E-state index < -0.39 is 32.4 Å². The van der Waals surface area contributed by atoms with Crippen LogP contribution in [0.25, 0.3) is 0 Å². The third-order valence-corrected chi connectivity index (χ3v) is 44.4. The molecular formula is C19H47O4PS2Si2Sn. The van der Waals surface area contributed by atoms with E-state index in [1.54, 1.807) is 28.4 Å². The molecule has 0 radical (unpaired) electrons. The van der Waals surface area contributed by atoms with Crippen molar-refractivity contribution < 1.29 is 17.7 Å². The van der Waals surface area contributed by atoms with Gasteiger partial charge in [0.25, 0.3) is 0 Å². The first kappa shape index (κ1) is 31.2. The minimum absolute atomic E-state index is 1.07. The van der Waals surface area contributed by atoms with Crippen LogP contribution in [0.3, 0.4) is 0 Å². The Bertz CT molecular complexity index is 370. The van der Waals surface area contributed by atoms with Crippen LogP contribution in [0.15, 0.2) is 0 Å². The Kier molecular flexibility index (Phi) is 19.0. The standard InChI is InChI=1S/C6H16O2SSi.C5H15O2PSSi.2C4H9.Sn/c1-7-10(3,8-2)6-4-5-9;1-6-10(8,7-2)5-3-4-9;2*1-3-4-2;/h9H,4-6H2,1-3H3;9H,3-5,8H2,1-2H3;2*1,3-4H2,2H3;/q;;;;+2/p-2. The molecule has 1 atom stereocenters. The average molecular weight is 610 g/mol. The molecular weight excluding hydrogens is 562 g/mol. The summed E-state index contributed by atoms with van der Waals surface area (Å²) in [7, 11) is 10.9. The van der Waals surface area contributed by atoms with E-state index in [4.69, 9.17) is 17.7 Å². The molecule has 4 nitrogen and oxygen atoms in total. The van der Waals surface area contributed by atoms with Crippen molar-refractivity contribution in [2.45, 2.75) is 79.9 Å². The molecule has 0 aliphatic heterocycles. The second-order valence-electron chi connectivity index (χ2n) is 7.78. The van der Waals surface area contributed by atoms with Gasteiger partial charge in [-0.1, -0.05) is 0 Å². The van der Waals surface area contributed by atoms with E-state index in [9.17, 15) is 0 Å². The Balaban J connectivity index is 4.84. The van der Waals surface area contributed by atoms with Crippen LogP contribution >= 0.6 is 26.7 Å². The van der Waals surface area contributed by atoms with Crippen molar-refractivity contribution in [1.29, 1.82) is 0 Å². The zero-order valence-corrected chi connectivity index (χ0v) is 27.7. The molecule has 0 amide bonds. The second kappa shape index (κ2) is 17.6. The number of rotatable bonds is 20. The molecule has 0 heterocycles. The Labute approximate surface area is 195 Å². The Hall–Kier alpha value is 2.20. The summed E-state index contributed by atoms with van der Waals surface area (Å²) in [6, 6.07) is 2.17. The van der Waals surface area contributed by atoms with Gasteiger partial charge < -0.3 is 0 Å². The third-order valence-electron chi connectivity index (χ3n) is 5.55. The molecule has 0 aromatic heterocycles. The molecule has 0 saturated carbocycles. The number of hydrogen-bond acceptors (Lipinski definition) is 6. The van der Waals surface area contributed by atoms with Crippen LogP contribution in [-0.4, -0.2) is 72.3 Å².